The van der Waals surface area contributed by atoms with Crippen LogP contribution in [0.25, 0.3) is 11.1 Å². The topological polar surface area (TPSA) is 102 Å². The van der Waals surface area contributed by atoms with Gasteiger partial charge in [0.25, 0.3) is 6.43 Å². The minimum atomic E-state index is -2.66. The molecule has 4 rings (SSSR count). The van der Waals surface area contributed by atoms with Gasteiger partial charge in [-0.25, -0.2) is 8.78 Å². The average Bonchev–Trinajstić information content (AvgIpc) is 3.26. The van der Waals surface area contributed by atoms with Crippen LogP contribution in [0, 0.1) is 5.41 Å². The number of alkyl halides is 2. The fraction of sp³-hybridized carbons (Fsp3) is 0.381. The van der Waals surface area contributed by atoms with Gasteiger partial charge < -0.3 is 15.5 Å². The van der Waals surface area contributed by atoms with E-state index in [1.165, 1.54) is 19.2 Å². The Morgan fingerprint density at radius 2 is 2.10 bits per heavy atom. The van der Waals surface area contributed by atoms with E-state index in [0.717, 1.165) is 18.4 Å². The molecule has 0 radical (unpaired) electrons. The van der Waals surface area contributed by atoms with E-state index in [2.05, 4.69) is 10.2 Å². The van der Waals surface area contributed by atoms with Gasteiger partial charge >= 0.3 is 0 Å². The summed E-state index contributed by atoms with van der Waals surface area (Å²) in [6.07, 6.45) is 2.49. The zero-order chi connectivity index (χ0) is 21.4. The highest BCUT2D eigenvalue weighted by Crippen LogP contribution is 2.39. The van der Waals surface area contributed by atoms with E-state index in [0.29, 0.717) is 47.6 Å². The monoisotopic (exact) mass is 414 g/mol. The Bertz CT molecular complexity index is 1010. The van der Waals surface area contributed by atoms with E-state index in [-0.39, 0.29) is 23.9 Å². The summed E-state index contributed by atoms with van der Waals surface area (Å²) in [6, 6.07) is 3.26. The van der Waals surface area contributed by atoms with Gasteiger partial charge in [-0.15, -0.1) is 0 Å². The summed E-state index contributed by atoms with van der Waals surface area (Å²) >= 11 is 0. The molecule has 4 N–H and O–H groups in total. The van der Waals surface area contributed by atoms with Crippen LogP contribution >= 0.6 is 0 Å². The number of aryl methyl sites for hydroxylation is 1. The SMILES string of the molecule is CC(=O)N1CCC(N)=C(C(=N)N2CCCc3cc(-c4cn[nH]c4)c(C(F)F)cc32)C1. The highest BCUT2D eigenvalue weighted by molar-refractivity contribution is 6.09. The van der Waals surface area contributed by atoms with Crippen LogP contribution in [-0.4, -0.2) is 46.5 Å². The number of rotatable bonds is 3. The minimum absolute atomic E-state index is 0.0726. The summed E-state index contributed by atoms with van der Waals surface area (Å²) in [5, 5.41) is 15.3. The zero-order valence-electron chi connectivity index (χ0n) is 16.7. The third kappa shape index (κ3) is 3.55. The number of H-pyrrole nitrogens is 1. The average molecular weight is 414 g/mol. The molecule has 2 aliphatic heterocycles. The van der Waals surface area contributed by atoms with Gasteiger partial charge in [-0.05, 0) is 36.1 Å². The minimum Gasteiger partial charge on any atom is -0.402 e. The maximum Gasteiger partial charge on any atom is 0.264 e. The molecule has 0 bridgehead atoms. The molecule has 2 aliphatic rings. The number of hydrogen-bond acceptors (Lipinski definition) is 4. The van der Waals surface area contributed by atoms with Crippen LogP contribution in [0.5, 0.6) is 0 Å². The number of nitrogens with zero attached hydrogens (tertiary/aromatic N) is 3. The van der Waals surface area contributed by atoms with Gasteiger partial charge in [0, 0.05) is 60.7 Å². The van der Waals surface area contributed by atoms with Crippen LogP contribution in [0.2, 0.25) is 0 Å². The second-order valence-electron chi connectivity index (χ2n) is 7.65. The Morgan fingerprint density at radius 1 is 1.30 bits per heavy atom. The molecule has 1 amide bonds. The van der Waals surface area contributed by atoms with Crippen molar-refractivity contribution in [2.24, 2.45) is 5.73 Å². The predicted molar refractivity (Wildman–Crippen MR) is 110 cm³/mol. The number of anilines is 1. The molecule has 30 heavy (non-hydrogen) atoms. The Morgan fingerprint density at radius 3 is 2.77 bits per heavy atom. The van der Waals surface area contributed by atoms with Gasteiger partial charge in [0.05, 0.1) is 12.7 Å². The number of amidine groups is 1. The van der Waals surface area contributed by atoms with E-state index in [1.807, 2.05) is 0 Å². The number of hydrogen-bond donors (Lipinski definition) is 3. The molecule has 0 unspecified atom stereocenters. The lowest BCUT2D eigenvalue weighted by Crippen LogP contribution is -2.44. The summed E-state index contributed by atoms with van der Waals surface area (Å²) in [6.45, 7) is 2.82. The highest BCUT2D eigenvalue weighted by Gasteiger charge is 2.30. The van der Waals surface area contributed by atoms with Crippen molar-refractivity contribution in [3.8, 4) is 11.1 Å². The lowest BCUT2D eigenvalue weighted by atomic mass is 9.92. The van der Waals surface area contributed by atoms with Gasteiger partial charge in [-0.1, -0.05) is 0 Å². The number of fused-ring (bicyclic) bond motifs is 1. The van der Waals surface area contributed by atoms with Gasteiger partial charge in [0.15, 0.2) is 0 Å². The molecule has 0 aliphatic carbocycles. The van der Waals surface area contributed by atoms with Crippen molar-refractivity contribution in [1.29, 1.82) is 5.41 Å². The molecule has 9 heteroatoms. The summed E-state index contributed by atoms with van der Waals surface area (Å²) in [4.78, 5) is 15.2. The summed E-state index contributed by atoms with van der Waals surface area (Å²) in [7, 11) is 0. The number of aromatic nitrogens is 2. The van der Waals surface area contributed by atoms with Gasteiger partial charge in [-0.3, -0.25) is 15.3 Å². The van der Waals surface area contributed by atoms with Crippen molar-refractivity contribution < 1.29 is 13.6 Å². The first-order valence-electron chi connectivity index (χ1n) is 9.90. The zero-order valence-corrected chi connectivity index (χ0v) is 16.7. The quantitative estimate of drug-likeness (QED) is 0.530. The van der Waals surface area contributed by atoms with Crippen molar-refractivity contribution in [3.63, 3.8) is 0 Å². The van der Waals surface area contributed by atoms with Crippen LogP contribution < -0.4 is 10.6 Å². The summed E-state index contributed by atoms with van der Waals surface area (Å²) < 4.78 is 27.8. The molecule has 1 aromatic heterocycles. The number of nitrogens with one attached hydrogen (secondary N) is 2. The van der Waals surface area contributed by atoms with E-state index in [9.17, 15) is 13.6 Å². The number of amides is 1. The fourth-order valence-electron chi connectivity index (χ4n) is 4.15. The first-order valence-corrected chi connectivity index (χ1v) is 9.90. The molecule has 0 atom stereocenters. The van der Waals surface area contributed by atoms with Crippen LogP contribution in [0.1, 0.15) is 37.3 Å². The molecular weight excluding hydrogens is 390 g/mol. The van der Waals surface area contributed by atoms with Crippen molar-refractivity contribution in [2.45, 2.75) is 32.6 Å². The molecule has 0 saturated heterocycles. The van der Waals surface area contributed by atoms with Crippen LogP contribution in [0.15, 0.2) is 35.8 Å². The maximum atomic E-state index is 13.9. The molecule has 2 aromatic rings. The van der Waals surface area contributed by atoms with E-state index in [1.54, 1.807) is 22.1 Å². The van der Waals surface area contributed by atoms with Crippen molar-refractivity contribution in [1.82, 2.24) is 15.1 Å². The standard InChI is InChI=1S/C21H24F2N6O/c1-12(30)28-6-4-18(24)17(11-28)21(25)29-5-2-3-13-7-15(14-9-26-27-10-14)16(20(22)23)8-19(13)29/h7-10,20,25H,2-6,11,24H2,1H3,(H,26,27). The molecule has 158 valence electrons. The Kier molecular flexibility index (Phi) is 5.27. The van der Waals surface area contributed by atoms with E-state index in [4.69, 9.17) is 11.1 Å². The predicted octanol–water partition coefficient (Wildman–Crippen LogP) is 3.21. The Balaban J connectivity index is 1.74. The molecule has 0 spiro atoms. The second kappa shape index (κ2) is 7.89. The number of benzene rings is 1. The third-order valence-electron chi connectivity index (χ3n) is 5.80. The highest BCUT2D eigenvalue weighted by atomic mass is 19.3. The maximum absolute atomic E-state index is 13.9. The normalized spacial score (nSPS) is 16.8. The number of nitrogens with two attached hydrogens (primary N) is 1. The van der Waals surface area contributed by atoms with Gasteiger partial charge in [0.2, 0.25) is 5.91 Å². The summed E-state index contributed by atoms with van der Waals surface area (Å²) in [5.41, 5.74) is 9.82. The van der Waals surface area contributed by atoms with Crippen LogP contribution in [0.3, 0.4) is 0 Å². The number of carbonyl (C=O) groups is 1. The van der Waals surface area contributed by atoms with E-state index < -0.39 is 6.43 Å². The van der Waals surface area contributed by atoms with E-state index >= 15 is 0 Å². The first-order chi connectivity index (χ1) is 14.4. The Hall–Kier alpha value is -3.23. The Labute approximate surface area is 173 Å². The fourth-order valence-corrected chi connectivity index (χ4v) is 4.15. The number of carbonyl (C=O) groups excluding carboxylic acids is 1. The molecular formula is C21H24F2N6O. The smallest absolute Gasteiger partial charge is 0.264 e. The van der Waals surface area contributed by atoms with Crippen LogP contribution in [0.4, 0.5) is 14.5 Å². The molecule has 0 saturated carbocycles. The molecule has 7 nitrogen and oxygen atoms in total. The number of halogens is 2. The lowest BCUT2D eigenvalue weighted by Gasteiger charge is -2.36. The molecule has 3 heterocycles. The first kappa shape index (κ1) is 20.1. The lowest BCUT2D eigenvalue weighted by molar-refractivity contribution is -0.128. The second-order valence-corrected chi connectivity index (χ2v) is 7.65. The van der Waals surface area contributed by atoms with Crippen molar-refractivity contribution in [3.05, 3.63) is 46.9 Å². The largest absolute Gasteiger partial charge is 0.402 e. The van der Waals surface area contributed by atoms with Crippen molar-refractivity contribution >= 4 is 17.4 Å². The third-order valence-corrected chi connectivity index (χ3v) is 5.80. The van der Waals surface area contributed by atoms with Crippen molar-refractivity contribution in [2.75, 3.05) is 24.5 Å². The number of aromatic amines is 1. The van der Waals surface area contributed by atoms with Gasteiger partial charge in [0.1, 0.15) is 5.84 Å². The molecule has 1 aromatic carbocycles. The van der Waals surface area contributed by atoms with Crippen LogP contribution in [-0.2, 0) is 11.2 Å². The molecule has 0 fully saturated rings. The summed E-state index contributed by atoms with van der Waals surface area (Å²) in [5.74, 6) is 0.104. The van der Waals surface area contributed by atoms with Gasteiger partial charge in [-0.2, -0.15) is 5.10 Å².